The lowest BCUT2D eigenvalue weighted by Crippen LogP contribution is -2.26. The first kappa shape index (κ1) is 17.0. The Hall–Kier alpha value is -2.80. The maximum atomic E-state index is 11.2. The minimum atomic E-state index is -3.27. The second-order valence-electron chi connectivity index (χ2n) is 5.48. The molecule has 0 spiro atoms. The number of hydrogen-bond acceptors (Lipinski definition) is 9. The van der Waals surface area contributed by atoms with E-state index in [1.165, 1.54) is 17.2 Å². The summed E-state index contributed by atoms with van der Waals surface area (Å²) in [5.41, 5.74) is 1.74. The SMILES string of the molecule is Cc1[nH]n2nc(C(C)CNS(C)(=O)=O)nc2c1N=Nc1cnncn1. The van der Waals surface area contributed by atoms with Gasteiger partial charge in [0.05, 0.1) is 18.1 Å². The summed E-state index contributed by atoms with van der Waals surface area (Å²) in [6.45, 7) is 3.85. The number of H-pyrrole nitrogens is 1. The molecule has 0 aliphatic heterocycles. The molecule has 2 N–H and O–H groups in total. The number of aromatic amines is 1. The van der Waals surface area contributed by atoms with Gasteiger partial charge in [0.1, 0.15) is 6.33 Å². The molecule has 1 unspecified atom stereocenters. The molecule has 3 heterocycles. The van der Waals surface area contributed by atoms with Gasteiger partial charge in [0.15, 0.2) is 17.3 Å². The monoisotopic (exact) mass is 364 g/mol. The van der Waals surface area contributed by atoms with Crippen LogP contribution in [-0.4, -0.2) is 56.2 Å². The minimum absolute atomic E-state index is 0.203. The maximum Gasteiger partial charge on any atom is 0.208 e. The van der Waals surface area contributed by atoms with Crippen molar-refractivity contribution in [2.45, 2.75) is 19.8 Å². The van der Waals surface area contributed by atoms with Crippen LogP contribution in [0.15, 0.2) is 22.8 Å². The summed E-state index contributed by atoms with van der Waals surface area (Å²) < 4.78 is 26.3. The highest BCUT2D eigenvalue weighted by molar-refractivity contribution is 7.88. The number of nitrogens with one attached hydrogen (secondary N) is 2. The van der Waals surface area contributed by atoms with E-state index in [-0.39, 0.29) is 12.5 Å². The average Bonchev–Trinajstić information content (AvgIpc) is 3.08. The standard InChI is InChI=1S/C12H16N10O2S/c1-7(4-16-25(3,23)24)11-17-12-10(8(2)20-22(12)21-11)19-18-9-5-14-15-6-13-9/h5-7,16,20H,4H2,1-3H3. The Kier molecular flexibility index (Phi) is 4.50. The molecular formula is C12H16N10O2S. The lowest BCUT2D eigenvalue weighted by atomic mass is 10.2. The van der Waals surface area contributed by atoms with Crippen molar-refractivity contribution in [3.05, 3.63) is 24.0 Å². The molecule has 3 aromatic heterocycles. The molecule has 0 aliphatic carbocycles. The summed E-state index contributed by atoms with van der Waals surface area (Å²) in [6, 6.07) is 0. The number of aryl methyl sites for hydroxylation is 1. The predicted molar refractivity (Wildman–Crippen MR) is 87.3 cm³/mol. The van der Waals surface area contributed by atoms with Crippen molar-refractivity contribution in [3.63, 3.8) is 0 Å². The minimum Gasteiger partial charge on any atom is -0.278 e. The van der Waals surface area contributed by atoms with Crippen LogP contribution < -0.4 is 4.72 Å². The fraction of sp³-hybridized carbons (Fsp3) is 0.417. The van der Waals surface area contributed by atoms with Gasteiger partial charge < -0.3 is 0 Å². The summed E-state index contributed by atoms with van der Waals surface area (Å²) >= 11 is 0. The van der Waals surface area contributed by atoms with E-state index in [4.69, 9.17) is 0 Å². The Morgan fingerprint density at radius 1 is 1.36 bits per heavy atom. The zero-order chi connectivity index (χ0) is 18.0. The zero-order valence-corrected chi connectivity index (χ0v) is 14.6. The van der Waals surface area contributed by atoms with E-state index < -0.39 is 10.0 Å². The third kappa shape index (κ3) is 4.00. The zero-order valence-electron chi connectivity index (χ0n) is 13.7. The van der Waals surface area contributed by atoms with E-state index in [0.717, 1.165) is 11.9 Å². The fourth-order valence-electron chi connectivity index (χ4n) is 2.02. The van der Waals surface area contributed by atoms with Crippen molar-refractivity contribution in [1.29, 1.82) is 0 Å². The molecule has 0 saturated heterocycles. The number of sulfonamides is 1. The van der Waals surface area contributed by atoms with Gasteiger partial charge in [-0.1, -0.05) is 6.92 Å². The van der Waals surface area contributed by atoms with E-state index in [9.17, 15) is 8.42 Å². The van der Waals surface area contributed by atoms with Gasteiger partial charge in [-0.25, -0.2) is 23.1 Å². The van der Waals surface area contributed by atoms with Crippen LogP contribution in [-0.2, 0) is 10.0 Å². The molecule has 3 aromatic rings. The van der Waals surface area contributed by atoms with E-state index >= 15 is 0 Å². The number of fused-ring (bicyclic) bond motifs is 1. The maximum absolute atomic E-state index is 11.2. The second-order valence-corrected chi connectivity index (χ2v) is 7.31. The molecule has 0 saturated carbocycles. The Morgan fingerprint density at radius 2 is 2.16 bits per heavy atom. The van der Waals surface area contributed by atoms with Gasteiger partial charge in [-0.15, -0.1) is 20.4 Å². The third-order valence-electron chi connectivity index (χ3n) is 3.29. The van der Waals surface area contributed by atoms with Crippen LogP contribution in [0.2, 0.25) is 0 Å². The van der Waals surface area contributed by atoms with Crippen LogP contribution in [0.1, 0.15) is 24.4 Å². The van der Waals surface area contributed by atoms with Crippen molar-refractivity contribution < 1.29 is 8.42 Å². The molecule has 0 aromatic carbocycles. The first-order valence-electron chi connectivity index (χ1n) is 7.28. The number of azo groups is 1. The van der Waals surface area contributed by atoms with Crippen LogP contribution in [0.4, 0.5) is 11.5 Å². The number of hydrogen-bond donors (Lipinski definition) is 2. The van der Waals surface area contributed by atoms with Gasteiger partial charge in [-0.3, -0.25) is 5.10 Å². The van der Waals surface area contributed by atoms with E-state index in [1.807, 2.05) is 13.8 Å². The van der Waals surface area contributed by atoms with Crippen LogP contribution in [0, 0.1) is 6.92 Å². The van der Waals surface area contributed by atoms with Gasteiger partial charge in [-0.05, 0) is 6.92 Å². The molecule has 0 aliphatic rings. The van der Waals surface area contributed by atoms with Gasteiger partial charge in [-0.2, -0.15) is 9.73 Å². The molecule has 25 heavy (non-hydrogen) atoms. The first-order valence-corrected chi connectivity index (χ1v) is 9.17. The van der Waals surface area contributed by atoms with Crippen molar-refractivity contribution in [1.82, 2.24) is 39.7 Å². The predicted octanol–water partition coefficient (Wildman–Crippen LogP) is 0.619. The van der Waals surface area contributed by atoms with Gasteiger partial charge in [0, 0.05) is 12.5 Å². The second kappa shape index (κ2) is 6.60. The number of rotatable bonds is 6. The van der Waals surface area contributed by atoms with E-state index in [1.54, 1.807) is 0 Å². The molecule has 0 fully saturated rings. The van der Waals surface area contributed by atoms with E-state index in [2.05, 4.69) is 45.3 Å². The molecule has 0 radical (unpaired) electrons. The molecule has 3 rings (SSSR count). The quantitative estimate of drug-likeness (QED) is 0.607. The lowest BCUT2D eigenvalue weighted by Gasteiger charge is -2.06. The molecule has 13 heteroatoms. The highest BCUT2D eigenvalue weighted by Gasteiger charge is 2.18. The lowest BCUT2D eigenvalue weighted by molar-refractivity contribution is 0.576. The molecule has 0 bridgehead atoms. The third-order valence-corrected chi connectivity index (χ3v) is 3.98. The normalized spacial score (nSPS) is 13.7. The molecule has 12 nitrogen and oxygen atoms in total. The Morgan fingerprint density at radius 3 is 2.84 bits per heavy atom. The molecule has 0 amide bonds. The fourth-order valence-corrected chi connectivity index (χ4v) is 2.57. The van der Waals surface area contributed by atoms with Gasteiger partial charge >= 0.3 is 0 Å². The van der Waals surface area contributed by atoms with Crippen molar-refractivity contribution >= 4 is 27.2 Å². The van der Waals surface area contributed by atoms with Gasteiger partial charge in [0.25, 0.3) is 0 Å². The summed E-state index contributed by atoms with van der Waals surface area (Å²) in [5, 5.41) is 22.7. The van der Waals surface area contributed by atoms with Crippen molar-refractivity contribution in [2.24, 2.45) is 10.2 Å². The van der Waals surface area contributed by atoms with Crippen LogP contribution >= 0.6 is 0 Å². The summed E-state index contributed by atoms with van der Waals surface area (Å²) in [5.74, 6) is 0.598. The van der Waals surface area contributed by atoms with Crippen molar-refractivity contribution in [2.75, 3.05) is 12.8 Å². The van der Waals surface area contributed by atoms with Gasteiger partial charge in [0.2, 0.25) is 15.7 Å². The van der Waals surface area contributed by atoms with Crippen LogP contribution in [0.3, 0.4) is 0 Å². The number of aromatic nitrogens is 7. The van der Waals surface area contributed by atoms with Crippen molar-refractivity contribution in [3.8, 4) is 0 Å². The molecule has 1 atom stereocenters. The Bertz CT molecular complexity index is 1010. The Balaban J connectivity index is 1.86. The number of nitrogens with zero attached hydrogens (tertiary/aromatic N) is 8. The summed E-state index contributed by atoms with van der Waals surface area (Å²) in [4.78, 5) is 8.35. The topological polar surface area (TPSA) is 156 Å². The summed E-state index contributed by atoms with van der Waals surface area (Å²) in [7, 11) is -3.27. The smallest absolute Gasteiger partial charge is 0.208 e. The highest BCUT2D eigenvalue weighted by Crippen LogP contribution is 2.26. The molecular weight excluding hydrogens is 348 g/mol. The molecule has 132 valence electrons. The highest BCUT2D eigenvalue weighted by atomic mass is 32.2. The first-order chi connectivity index (χ1) is 11.8. The Labute approximate surface area is 142 Å². The average molecular weight is 364 g/mol. The summed E-state index contributed by atoms with van der Waals surface area (Å²) in [6.07, 6.45) is 3.77. The largest absolute Gasteiger partial charge is 0.278 e. The van der Waals surface area contributed by atoms with E-state index in [0.29, 0.717) is 23.0 Å². The van der Waals surface area contributed by atoms with Crippen LogP contribution in [0.25, 0.3) is 5.65 Å². The van der Waals surface area contributed by atoms with Crippen LogP contribution in [0.5, 0.6) is 0 Å².